The lowest BCUT2D eigenvalue weighted by Gasteiger charge is -2.04. The molecule has 0 unspecified atom stereocenters. The van der Waals surface area contributed by atoms with E-state index in [-0.39, 0.29) is 39.4 Å². The maximum atomic E-state index is 10.7. The van der Waals surface area contributed by atoms with E-state index in [1.165, 1.54) is 18.2 Å². The Morgan fingerprint density at radius 2 is 1.00 bits per heavy atom. The summed E-state index contributed by atoms with van der Waals surface area (Å²) in [6.45, 7) is 1.99. The van der Waals surface area contributed by atoms with Crippen LogP contribution >= 0.6 is 11.6 Å². The van der Waals surface area contributed by atoms with Crippen molar-refractivity contribution in [2.45, 2.75) is 20.0 Å². The Kier molecular flexibility index (Phi) is 13.4. The van der Waals surface area contributed by atoms with Crippen LogP contribution in [0, 0.1) is 0 Å². The smallest absolute Gasteiger partial charge is 0.337 e. The standard InChI is InChI=1S/C14H12O4.C10H10O4.C8H5ClO4/c15-14(16)13-7-5-12(6-8-13)11-3-1-10(2-4-11)9-18-17;1-2-6-3-7(9(11)12)5-8(4-6)10(13)14;9-6-3-4(7(10)11)1-2-5(6)8(12)13/h1-8,17H,9H2,(H,15,16);3-5H,2H2,1H3,(H,11,12)(H,13,14);1-3H,(H,10,11)(H,12,13). The van der Waals surface area contributed by atoms with Gasteiger partial charge in [-0.2, -0.15) is 0 Å². The molecule has 45 heavy (non-hydrogen) atoms. The van der Waals surface area contributed by atoms with Crippen LogP contribution in [0.25, 0.3) is 11.1 Å². The van der Waals surface area contributed by atoms with Crippen LogP contribution in [0.4, 0.5) is 0 Å². The molecule has 0 aliphatic rings. The molecule has 4 aromatic carbocycles. The van der Waals surface area contributed by atoms with Crippen LogP contribution in [0.2, 0.25) is 5.02 Å². The van der Waals surface area contributed by atoms with Gasteiger partial charge in [-0.3, -0.25) is 5.26 Å². The summed E-state index contributed by atoms with van der Waals surface area (Å²) >= 11 is 5.52. The van der Waals surface area contributed by atoms with Gasteiger partial charge in [-0.25, -0.2) is 28.9 Å². The Hall–Kier alpha value is -5.56. The van der Waals surface area contributed by atoms with E-state index in [0.717, 1.165) is 34.9 Å². The minimum absolute atomic E-state index is 0.0155. The Balaban J connectivity index is 0.000000239. The Labute approximate surface area is 260 Å². The van der Waals surface area contributed by atoms with Gasteiger partial charge < -0.3 is 25.5 Å². The number of carboxylic acid groups (broad SMARTS) is 5. The second-order valence-electron chi connectivity index (χ2n) is 9.04. The fraction of sp³-hybridized carbons (Fsp3) is 0.0938. The number of carboxylic acids is 5. The van der Waals surface area contributed by atoms with Gasteiger partial charge in [0.25, 0.3) is 0 Å². The summed E-state index contributed by atoms with van der Waals surface area (Å²) in [7, 11) is 0. The van der Waals surface area contributed by atoms with E-state index < -0.39 is 29.8 Å². The van der Waals surface area contributed by atoms with E-state index in [1.807, 2.05) is 31.2 Å². The van der Waals surface area contributed by atoms with Gasteiger partial charge in [0.2, 0.25) is 0 Å². The molecule has 0 saturated heterocycles. The van der Waals surface area contributed by atoms with Gasteiger partial charge in [0.15, 0.2) is 0 Å². The van der Waals surface area contributed by atoms with Crippen molar-refractivity contribution in [3.8, 4) is 11.1 Å². The van der Waals surface area contributed by atoms with Crippen molar-refractivity contribution in [1.82, 2.24) is 0 Å². The first kappa shape index (κ1) is 35.6. The topological polar surface area (TPSA) is 216 Å². The van der Waals surface area contributed by atoms with Crippen molar-refractivity contribution < 1.29 is 59.7 Å². The lowest BCUT2D eigenvalue weighted by atomic mass is 10.0. The molecule has 0 aliphatic carbocycles. The Bertz CT molecular complexity index is 1650. The first-order chi connectivity index (χ1) is 21.3. The fourth-order valence-electron chi connectivity index (χ4n) is 3.64. The number of carbonyl (C=O) groups is 5. The molecule has 6 N–H and O–H groups in total. The van der Waals surface area contributed by atoms with Crippen LogP contribution in [-0.4, -0.2) is 60.6 Å². The molecule has 0 radical (unpaired) electrons. The normalized spacial score (nSPS) is 9.93. The zero-order valence-corrected chi connectivity index (χ0v) is 24.3. The predicted molar refractivity (Wildman–Crippen MR) is 161 cm³/mol. The van der Waals surface area contributed by atoms with Crippen molar-refractivity contribution in [2.75, 3.05) is 0 Å². The molecule has 0 saturated carbocycles. The molecule has 12 nitrogen and oxygen atoms in total. The second-order valence-corrected chi connectivity index (χ2v) is 9.45. The summed E-state index contributed by atoms with van der Waals surface area (Å²) in [6, 6.07) is 21.7. The number of hydrogen-bond acceptors (Lipinski definition) is 7. The molecule has 4 aromatic rings. The average molecular weight is 639 g/mol. The van der Waals surface area contributed by atoms with Gasteiger partial charge >= 0.3 is 29.8 Å². The van der Waals surface area contributed by atoms with Crippen molar-refractivity contribution in [1.29, 1.82) is 0 Å². The first-order valence-corrected chi connectivity index (χ1v) is 13.2. The van der Waals surface area contributed by atoms with E-state index in [2.05, 4.69) is 4.89 Å². The van der Waals surface area contributed by atoms with Crippen molar-refractivity contribution in [3.05, 3.63) is 129 Å². The van der Waals surface area contributed by atoms with E-state index in [9.17, 15) is 24.0 Å². The molecule has 234 valence electrons. The lowest BCUT2D eigenvalue weighted by molar-refractivity contribution is -0.253. The first-order valence-electron chi connectivity index (χ1n) is 12.8. The number of aryl methyl sites for hydroxylation is 1. The van der Waals surface area contributed by atoms with E-state index in [1.54, 1.807) is 24.3 Å². The highest BCUT2D eigenvalue weighted by Gasteiger charge is 2.12. The Morgan fingerprint density at radius 1 is 0.556 bits per heavy atom. The summed E-state index contributed by atoms with van der Waals surface area (Å²) in [5, 5.41) is 51.6. The average Bonchev–Trinajstić information content (AvgIpc) is 3.01. The van der Waals surface area contributed by atoms with Gasteiger partial charge in [0, 0.05) is 0 Å². The number of aromatic carboxylic acids is 5. The van der Waals surface area contributed by atoms with Gasteiger partial charge in [-0.15, -0.1) is 0 Å². The van der Waals surface area contributed by atoms with E-state index >= 15 is 0 Å². The molecule has 0 bridgehead atoms. The van der Waals surface area contributed by atoms with Crippen molar-refractivity contribution in [3.63, 3.8) is 0 Å². The second kappa shape index (κ2) is 16.9. The highest BCUT2D eigenvalue weighted by Crippen LogP contribution is 2.21. The molecule has 0 aromatic heterocycles. The molecule has 0 spiro atoms. The summed E-state index contributed by atoms with van der Waals surface area (Å²) < 4.78 is 0. The molecule has 0 atom stereocenters. The third kappa shape index (κ3) is 10.9. The summed E-state index contributed by atoms with van der Waals surface area (Å²) in [5.41, 5.74) is 3.66. The minimum atomic E-state index is -1.18. The number of rotatable bonds is 9. The van der Waals surface area contributed by atoms with Crippen LogP contribution in [-0.2, 0) is 17.9 Å². The van der Waals surface area contributed by atoms with Gasteiger partial charge in [-0.1, -0.05) is 54.9 Å². The molecule has 0 aliphatic heterocycles. The number of halogens is 1. The Morgan fingerprint density at radius 3 is 1.38 bits per heavy atom. The van der Waals surface area contributed by atoms with E-state index in [4.69, 9.17) is 42.4 Å². The summed E-state index contributed by atoms with van der Waals surface area (Å²) in [4.78, 5) is 57.0. The molecule has 0 amide bonds. The monoisotopic (exact) mass is 638 g/mol. The molecule has 4 rings (SSSR count). The highest BCUT2D eigenvalue weighted by atomic mass is 35.5. The lowest BCUT2D eigenvalue weighted by Crippen LogP contribution is -2.03. The predicted octanol–water partition coefficient (Wildman–Crippen LogP) is 6.42. The number of hydrogen-bond donors (Lipinski definition) is 6. The summed E-state index contributed by atoms with van der Waals surface area (Å²) in [5.74, 6) is -5.47. The van der Waals surface area contributed by atoms with Gasteiger partial charge in [0.05, 0.1) is 32.8 Å². The minimum Gasteiger partial charge on any atom is -0.478 e. The maximum Gasteiger partial charge on any atom is 0.337 e. The molecule has 0 fully saturated rings. The van der Waals surface area contributed by atoms with Crippen LogP contribution in [0.1, 0.15) is 69.8 Å². The molecular formula is C32H27ClO12. The molecular weight excluding hydrogens is 612 g/mol. The van der Waals surface area contributed by atoms with Crippen LogP contribution < -0.4 is 0 Å². The zero-order chi connectivity index (χ0) is 33.7. The molecule has 13 heteroatoms. The quantitative estimate of drug-likeness (QED) is 0.0864. The van der Waals surface area contributed by atoms with E-state index in [0.29, 0.717) is 12.0 Å². The number of benzene rings is 4. The highest BCUT2D eigenvalue weighted by molar-refractivity contribution is 6.33. The fourth-order valence-corrected chi connectivity index (χ4v) is 3.90. The molecule has 0 heterocycles. The van der Waals surface area contributed by atoms with Crippen LogP contribution in [0.3, 0.4) is 0 Å². The van der Waals surface area contributed by atoms with Crippen molar-refractivity contribution in [2.24, 2.45) is 0 Å². The maximum absolute atomic E-state index is 10.7. The van der Waals surface area contributed by atoms with Crippen molar-refractivity contribution >= 4 is 41.4 Å². The van der Waals surface area contributed by atoms with Gasteiger partial charge in [-0.05, 0) is 77.2 Å². The zero-order valence-electron chi connectivity index (χ0n) is 23.5. The SMILES string of the molecule is CCc1cc(C(=O)O)cc(C(=O)O)c1.O=C(O)c1ccc(-c2ccc(COO)cc2)cc1.O=C(O)c1ccc(C(=O)O)c(Cl)c1. The third-order valence-corrected chi connectivity index (χ3v) is 6.30. The van der Waals surface area contributed by atoms with Crippen LogP contribution in [0.15, 0.2) is 84.9 Å². The van der Waals surface area contributed by atoms with Crippen LogP contribution in [0.5, 0.6) is 0 Å². The largest absolute Gasteiger partial charge is 0.478 e. The third-order valence-electron chi connectivity index (χ3n) is 5.99. The van der Waals surface area contributed by atoms with Gasteiger partial charge in [0.1, 0.15) is 6.61 Å². The summed E-state index contributed by atoms with van der Waals surface area (Å²) in [6.07, 6.45) is 0.612.